The summed E-state index contributed by atoms with van der Waals surface area (Å²) in [7, 11) is 0. The average molecular weight is 2010 g/mol. The first-order valence-electron chi connectivity index (χ1n) is 41.4. The standard InChI is InChI=1S/C37H40N.C36H38N.C33H38N.3Ir/c1-22-9-11-27-25(4)16-32(38-33(27)13-22)26-10-12-30-29(17-26)28-14-23(2)24(3)15-31(28)37-20-34(5,6)18-36(30,37)19-35(7,8)21-37;1-22-14-28-29-16-25(32-27-11-9-8-10-26(27)24(3)17-37-32)12-13-30(29)35-18-33(4,5)20-36(35,21-34(6,7)19-35)31(28)15-23(22)2;1-20-11-25-26-14-24(29-13-22(3)23(4)15-34-29)9-10-27(26)32-16-30(5,6)18-33(32,19-31(7,8)17-32)28(25)12-21(20)2;;;/h9,11-17H,18-21H2,1-8H3;8-11,13-17H,18-21H2,1-7H3;10-15H,16-19H2,1-8H3;;;/q3*-1;;;. The quantitative estimate of drug-likeness (QED) is 0.166. The third-order valence-corrected chi connectivity index (χ3v) is 30.2. The molecule has 8 aromatic carbocycles. The number of rotatable bonds is 3. The maximum absolute atomic E-state index is 5.15. The molecule has 0 N–H and O–H groups in total. The first kappa shape index (κ1) is 80.8. The second kappa shape index (κ2) is 26.6. The van der Waals surface area contributed by atoms with Gasteiger partial charge in [0.1, 0.15) is 0 Å². The maximum atomic E-state index is 5.15. The van der Waals surface area contributed by atoms with Crippen LogP contribution in [0.5, 0.6) is 0 Å². The molecular formula is C106H116Ir3N3-3. The fourth-order valence-electron chi connectivity index (χ4n) is 27.3. The second-order valence-corrected chi connectivity index (χ2v) is 42.4. The zero-order valence-corrected chi connectivity index (χ0v) is 78.3. The van der Waals surface area contributed by atoms with Crippen LogP contribution in [0.25, 0.3) is 88.8 Å². The van der Waals surface area contributed by atoms with Gasteiger partial charge in [0.05, 0.1) is 5.52 Å². The van der Waals surface area contributed by atoms with Crippen LogP contribution in [-0.4, -0.2) is 15.0 Å². The van der Waals surface area contributed by atoms with Gasteiger partial charge in [0, 0.05) is 78.1 Å². The Balaban J connectivity index is 0.000000131. The average Bonchev–Trinajstić information content (AvgIpc) is 1.50. The van der Waals surface area contributed by atoms with Crippen molar-refractivity contribution in [1.29, 1.82) is 0 Å². The summed E-state index contributed by atoms with van der Waals surface area (Å²) >= 11 is 0. The smallest absolute Gasteiger partial charge is 0.0600 e. The Morgan fingerprint density at radius 2 is 0.580 bits per heavy atom. The number of pyridine rings is 3. The summed E-state index contributed by atoms with van der Waals surface area (Å²) in [6.45, 7) is 54.6. The van der Waals surface area contributed by atoms with Gasteiger partial charge in [-0.1, -0.05) is 190 Å². The summed E-state index contributed by atoms with van der Waals surface area (Å²) in [6, 6.07) is 60.6. The van der Waals surface area contributed by atoms with Gasteiger partial charge in [0.15, 0.2) is 0 Å². The predicted octanol–water partition coefficient (Wildman–Crippen LogP) is 27.7. The molecule has 3 heterocycles. The fraction of sp³-hybridized carbons (Fsp3) is 0.443. The number of hydrogen-bond acceptors (Lipinski definition) is 3. The first-order valence-corrected chi connectivity index (χ1v) is 41.4. The van der Waals surface area contributed by atoms with Gasteiger partial charge in [0.2, 0.25) is 0 Å². The fourth-order valence-corrected chi connectivity index (χ4v) is 27.3. The summed E-state index contributed by atoms with van der Waals surface area (Å²) in [5, 5.41) is 3.73. The number of aryl methyl sites for hydroxylation is 11. The first-order chi connectivity index (χ1) is 51.1. The van der Waals surface area contributed by atoms with Crippen LogP contribution < -0.4 is 0 Å². The summed E-state index contributed by atoms with van der Waals surface area (Å²) in [5.74, 6) is 0. The normalized spacial score (nSPS) is 26.0. The van der Waals surface area contributed by atoms with Crippen LogP contribution in [0, 0.1) is 127 Å². The summed E-state index contributed by atoms with van der Waals surface area (Å²) in [4.78, 5) is 14.9. The minimum absolute atomic E-state index is 0. The summed E-state index contributed by atoms with van der Waals surface area (Å²) in [6.07, 6.45) is 19.2. The van der Waals surface area contributed by atoms with Crippen LogP contribution in [0.4, 0.5) is 0 Å². The number of aromatic nitrogens is 3. The number of hydrogen-bond donors (Lipinski definition) is 0. The zero-order valence-electron chi connectivity index (χ0n) is 71.1. The van der Waals surface area contributed by atoms with Gasteiger partial charge in [-0.3, -0.25) is 4.98 Å². The van der Waals surface area contributed by atoms with Crippen LogP contribution in [0.1, 0.15) is 255 Å². The van der Waals surface area contributed by atoms with Gasteiger partial charge in [-0.2, -0.15) is 0 Å². The minimum Gasteiger partial charge on any atom is -0.304 e. The Morgan fingerprint density at radius 3 is 0.973 bits per heavy atom. The van der Waals surface area contributed by atoms with E-state index < -0.39 is 0 Å². The molecule has 0 saturated heterocycles. The summed E-state index contributed by atoms with van der Waals surface area (Å²) in [5.41, 5.74) is 43.4. The SMILES string of the molecule is Cc1cc2c(cc1C)C13CC(C)(C)CC1(CC(C)(C)C3)c1c[c-]c(-c3ncc(C)c4ccccc34)cc1-2.Cc1ccc2c(C)cc(-c3[c-]cc4c(c3)-c3cc(C)c(C)cc3C35CC(C)(C)CC43CC(C)(C)C5)nc2c1.Cc1cnc(-c2[c-]cc3c(c2)-c2cc(C)c(C)cc2C24CC(C)(C)CC32CC(C)(C)C4)cc1C.[Ir].[Ir].[Ir]. The molecule has 585 valence electrons. The van der Waals surface area contributed by atoms with E-state index in [1.807, 2.05) is 12.4 Å². The van der Waals surface area contributed by atoms with E-state index in [0.29, 0.717) is 32.5 Å². The molecule has 3 nitrogen and oxygen atoms in total. The molecule has 0 spiro atoms. The summed E-state index contributed by atoms with van der Waals surface area (Å²) < 4.78 is 0. The molecule has 0 unspecified atom stereocenters. The van der Waals surface area contributed by atoms with E-state index >= 15 is 0 Å². The minimum atomic E-state index is 0. The zero-order chi connectivity index (χ0) is 77.0. The molecule has 20 rings (SSSR count). The third kappa shape index (κ3) is 12.0. The van der Waals surface area contributed by atoms with Crippen molar-refractivity contribution in [1.82, 2.24) is 15.0 Å². The van der Waals surface area contributed by atoms with E-state index in [9.17, 15) is 0 Å². The number of fused-ring (bicyclic) bond motifs is 11. The van der Waals surface area contributed by atoms with Crippen molar-refractivity contribution >= 4 is 21.7 Å². The molecule has 6 heteroatoms. The van der Waals surface area contributed by atoms with Gasteiger partial charge >= 0.3 is 0 Å². The van der Waals surface area contributed by atoms with Crippen LogP contribution in [0.3, 0.4) is 0 Å². The molecule has 0 atom stereocenters. The van der Waals surface area contributed by atoms with Crippen LogP contribution in [0.2, 0.25) is 0 Å². The van der Waals surface area contributed by atoms with Crippen molar-refractivity contribution < 1.29 is 60.3 Å². The van der Waals surface area contributed by atoms with Crippen molar-refractivity contribution in [3.8, 4) is 67.2 Å². The Hall–Kier alpha value is -6.32. The van der Waals surface area contributed by atoms with Gasteiger partial charge in [-0.05, 0) is 341 Å². The van der Waals surface area contributed by atoms with E-state index in [1.165, 1.54) is 188 Å². The maximum Gasteiger partial charge on any atom is 0.0600 e. The number of benzene rings is 8. The van der Waals surface area contributed by atoms with Gasteiger partial charge in [0.25, 0.3) is 0 Å². The molecule has 0 amide bonds. The van der Waals surface area contributed by atoms with Crippen molar-refractivity contribution in [3.63, 3.8) is 0 Å². The molecule has 6 saturated carbocycles. The van der Waals surface area contributed by atoms with Gasteiger partial charge in [-0.25, -0.2) is 0 Å². The molecule has 0 bridgehead atoms. The van der Waals surface area contributed by atoms with E-state index in [2.05, 4.69) is 305 Å². The topological polar surface area (TPSA) is 38.7 Å². The van der Waals surface area contributed by atoms with E-state index in [0.717, 1.165) is 39.3 Å². The monoisotopic (exact) mass is 2010 g/mol. The van der Waals surface area contributed by atoms with E-state index in [-0.39, 0.29) is 92.8 Å². The molecule has 11 aromatic rings. The van der Waals surface area contributed by atoms with E-state index in [4.69, 9.17) is 15.0 Å². The van der Waals surface area contributed by atoms with Crippen molar-refractivity contribution in [2.45, 2.75) is 269 Å². The Labute approximate surface area is 711 Å². The largest absolute Gasteiger partial charge is 0.304 e. The van der Waals surface area contributed by atoms with E-state index in [1.54, 1.807) is 33.4 Å². The van der Waals surface area contributed by atoms with Gasteiger partial charge in [-0.15, -0.1) is 88.0 Å². The van der Waals surface area contributed by atoms with Gasteiger partial charge < -0.3 is 9.97 Å². The molecule has 6 fully saturated rings. The molecule has 9 aliphatic carbocycles. The van der Waals surface area contributed by atoms with Crippen LogP contribution >= 0.6 is 0 Å². The Morgan fingerprint density at radius 1 is 0.268 bits per heavy atom. The molecule has 9 aliphatic rings. The molecule has 3 aromatic heterocycles. The molecule has 0 aliphatic heterocycles. The molecule has 112 heavy (non-hydrogen) atoms. The predicted molar refractivity (Wildman–Crippen MR) is 457 cm³/mol. The van der Waals surface area contributed by atoms with Crippen LogP contribution in [-0.2, 0) is 92.8 Å². The Kier molecular flexibility index (Phi) is 19.2. The molecular weight excluding hydrogens is 1890 g/mol. The van der Waals surface area contributed by atoms with Crippen molar-refractivity contribution in [3.05, 3.63) is 253 Å². The van der Waals surface area contributed by atoms with Crippen molar-refractivity contribution in [2.75, 3.05) is 0 Å². The Bertz CT molecular complexity index is 5710. The van der Waals surface area contributed by atoms with Crippen molar-refractivity contribution in [2.24, 2.45) is 32.5 Å². The number of nitrogens with zero attached hydrogens (tertiary/aromatic N) is 3. The molecule has 3 radical (unpaired) electrons. The second-order valence-electron chi connectivity index (χ2n) is 42.4. The van der Waals surface area contributed by atoms with Crippen LogP contribution in [0.15, 0.2) is 140 Å². The third-order valence-electron chi connectivity index (χ3n) is 30.2.